The zero-order valence-electron chi connectivity index (χ0n) is 12.5. The fraction of sp³-hybridized carbons (Fsp3) is 0.0625. The summed E-state index contributed by atoms with van der Waals surface area (Å²) >= 11 is 2.11. The molecule has 5 nitrogen and oxygen atoms in total. The number of carbonyl (C=O) groups excluding carboxylic acids is 2. The van der Waals surface area contributed by atoms with Crippen molar-refractivity contribution < 1.29 is 22.8 Å². The minimum Gasteiger partial charge on any atom is -0.318 e. The number of benzene rings is 2. The molecule has 0 fully saturated rings. The third-order valence-electron chi connectivity index (χ3n) is 2.88. The van der Waals surface area contributed by atoms with Gasteiger partial charge in [0.1, 0.15) is 0 Å². The van der Waals surface area contributed by atoms with Crippen LogP contribution in [0, 0.1) is 3.57 Å². The van der Waals surface area contributed by atoms with Gasteiger partial charge >= 0.3 is 18.0 Å². The summed E-state index contributed by atoms with van der Waals surface area (Å²) in [4.78, 5) is 23.3. The van der Waals surface area contributed by atoms with Crippen LogP contribution >= 0.6 is 22.6 Å². The van der Waals surface area contributed by atoms with Gasteiger partial charge in [-0.3, -0.25) is 9.59 Å². The summed E-state index contributed by atoms with van der Waals surface area (Å²) in [7, 11) is 0. The Kier molecular flexibility index (Phi) is 6.12. The largest absolute Gasteiger partial charge is 0.416 e. The van der Waals surface area contributed by atoms with Crippen molar-refractivity contribution in [3.8, 4) is 0 Å². The fourth-order valence-electron chi connectivity index (χ4n) is 1.76. The van der Waals surface area contributed by atoms with Crippen molar-refractivity contribution in [2.45, 2.75) is 6.18 Å². The first-order valence-corrected chi connectivity index (χ1v) is 7.91. The van der Waals surface area contributed by atoms with Crippen LogP contribution in [0.4, 0.5) is 18.9 Å². The third-order valence-corrected chi connectivity index (χ3v) is 3.55. The fourth-order valence-corrected chi connectivity index (χ4v) is 2.33. The Labute approximate surface area is 154 Å². The van der Waals surface area contributed by atoms with Gasteiger partial charge in [0.15, 0.2) is 0 Å². The average molecular weight is 461 g/mol. The summed E-state index contributed by atoms with van der Waals surface area (Å²) in [5, 5.41) is 5.72. The number of amides is 2. The highest BCUT2D eigenvalue weighted by Crippen LogP contribution is 2.30. The number of anilines is 1. The van der Waals surface area contributed by atoms with Gasteiger partial charge in [0.25, 0.3) is 0 Å². The van der Waals surface area contributed by atoms with Gasteiger partial charge in [-0.15, -0.1) is 0 Å². The second kappa shape index (κ2) is 8.10. The summed E-state index contributed by atoms with van der Waals surface area (Å²) in [6.45, 7) is 0. The van der Waals surface area contributed by atoms with Crippen LogP contribution < -0.4 is 10.7 Å². The standard InChI is InChI=1S/C16H11F3IN3O2/c17-16(18,19)11-4-2-6-13(8-11)22-14(24)15(25)23-21-9-10-3-1-5-12(20)7-10/h1-9H,(H,22,24)(H,23,25)/b21-9-. The molecule has 2 aromatic rings. The first kappa shape index (κ1) is 18.9. The van der Waals surface area contributed by atoms with Crippen LogP contribution in [-0.2, 0) is 15.8 Å². The van der Waals surface area contributed by atoms with E-state index in [0.717, 1.165) is 21.8 Å². The minimum atomic E-state index is -4.54. The predicted octanol–water partition coefficient (Wildman–Crippen LogP) is 3.40. The number of rotatable bonds is 3. The molecule has 0 radical (unpaired) electrons. The van der Waals surface area contributed by atoms with E-state index < -0.39 is 23.6 Å². The molecule has 0 saturated carbocycles. The molecule has 0 bridgehead atoms. The van der Waals surface area contributed by atoms with Crippen molar-refractivity contribution in [3.63, 3.8) is 0 Å². The zero-order valence-corrected chi connectivity index (χ0v) is 14.6. The second-order valence-electron chi connectivity index (χ2n) is 4.79. The average Bonchev–Trinajstić information content (AvgIpc) is 2.54. The van der Waals surface area contributed by atoms with Gasteiger partial charge in [-0.25, -0.2) is 5.43 Å². The Morgan fingerprint density at radius 1 is 1.04 bits per heavy atom. The third kappa shape index (κ3) is 5.85. The SMILES string of the molecule is O=C(N/N=C\c1cccc(I)c1)C(=O)Nc1cccc(C(F)(F)F)c1. The molecule has 0 aliphatic carbocycles. The Morgan fingerprint density at radius 3 is 2.44 bits per heavy atom. The van der Waals surface area contributed by atoms with Crippen molar-refractivity contribution in [1.29, 1.82) is 0 Å². The number of hydrogen-bond acceptors (Lipinski definition) is 3. The van der Waals surface area contributed by atoms with Crippen molar-refractivity contribution in [1.82, 2.24) is 5.43 Å². The quantitative estimate of drug-likeness (QED) is 0.319. The molecule has 2 rings (SSSR count). The maximum absolute atomic E-state index is 12.6. The Bertz CT molecular complexity index is 822. The summed E-state index contributed by atoms with van der Waals surface area (Å²) in [6.07, 6.45) is -3.20. The molecule has 0 unspecified atom stereocenters. The Hall–Kier alpha value is -2.43. The number of halogens is 4. The van der Waals surface area contributed by atoms with E-state index in [1.54, 1.807) is 18.2 Å². The summed E-state index contributed by atoms with van der Waals surface area (Å²) in [6, 6.07) is 11.2. The molecule has 0 aliphatic heterocycles. The number of alkyl halides is 3. The molecule has 0 aliphatic rings. The number of nitrogens with zero attached hydrogens (tertiary/aromatic N) is 1. The van der Waals surface area contributed by atoms with Crippen molar-refractivity contribution in [2.24, 2.45) is 5.10 Å². The van der Waals surface area contributed by atoms with E-state index in [1.807, 2.05) is 11.5 Å². The van der Waals surface area contributed by atoms with Crippen LogP contribution in [0.1, 0.15) is 11.1 Å². The van der Waals surface area contributed by atoms with Crippen LogP contribution in [0.2, 0.25) is 0 Å². The topological polar surface area (TPSA) is 70.6 Å². The monoisotopic (exact) mass is 461 g/mol. The minimum absolute atomic E-state index is 0.142. The van der Waals surface area contributed by atoms with Crippen LogP contribution in [-0.4, -0.2) is 18.0 Å². The van der Waals surface area contributed by atoms with Crippen molar-refractivity contribution in [2.75, 3.05) is 5.32 Å². The number of nitrogens with one attached hydrogen (secondary N) is 2. The van der Waals surface area contributed by atoms with E-state index in [2.05, 4.69) is 33.0 Å². The van der Waals surface area contributed by atoms with E-state index in [0.29, 0.717) is 5.56 Å². The van der Waals surface area contributed by atoms with E-state index in [1.165, 1.54) is 12.3 Å². The lowest BCUT2D eigenvalue weighted by molar-refractivity contribution is -0.137. The Morgan fingerprint density at radius 2 is 1.76 bits per heavy atom. The molecule has 0 atom stereocenters. The molecule has 0 spiro atoms. The van der Waals surface area contributed by atoms with Gasteiger partial charge < -0.3 is 5.32 Å². The van der Waals surface area contributed by atoms with Gasteiger partial charge in [0.05, 0.1) is 11.8 Å². The first-order valence-electron chi connectivity index (χ1n) is 6.83. The number of hydrogen-bond donors (Lipinski definition) is 2. The van der Waals surface area contributed by atoms with Crippen molar-refractivity contribution >= 4 is 46.3 Å². The van der Waals surface area contributed by atoms with Crippen molar-refractivity contribution in [3.05, 3.63) is 63.2 Å². The summed E-state index contributed by atoms with van der Waals surface area (Å²) in [5.41, 5.74) is 1.65. The van der Waals surface area contributed by atoms with Crippen LogP contribution in [0.15, 0.2) is 53.6 Å². The molecule has 0 aromatic heterocycles. The lowest BCUT2D eigenvalue weighted by atomic mass is 10.2. The Balaban J connectivity index is 1.95. The predicted molar refractivity (Wildman–Crippen MR) is 95.0 cm³/mol. The van der Waals surface area contributed by atoms with Gasteiger partial charge in [-0.05, 0) is 58.5 Å². The smallest absolute Gasteiger partial charge is 0.318 e. The summed E-state index contributed by atoms with van der Waals surface area (Å²) < 4.78 is 38.8. The van der Waals surface area contributed by atoms with Crippen LogP contribution in [0.5, 0.6) is 0 Å². The molecule has 2 aromatic carbocycles. The zero-order chi connectivity index (χ0) is 18.4. The van der Waals surface area contributed by atoms with E-state index in [9.17, 15) is 22.8 Å². The van der Waals surface area contributed by atoms with E-state index in [-0.39, 0.29) is 5.69 Å². The van der Waals surface area contributed by atoms with E-state index >= 15 is 0 Å². The lowest BCUT2D eigenvalue weighted by Gasteiger charge is -2.09. The molecule has 2 N–H and O–H groups in total. The van der Waals surface area contributed by atoms with Gasteiger partial charge in [0.2, 0.25) is 0 Å². The molecule has 0 saturated heterocycles. The van der Waals surface area contributed by atoms with Crippen LogP contribution in [0.25, 0.3) is 0 Å². The lowest BCUT2D eigenvalue weighted by Crippen LogP contribution is -2.32. The molecule has 2 amide bonds. The highest BCUT2D eigenvalue weighted by Gasteiger charge is 2.30. The van der Waals surface area contributed by atoms with Gasteiger partial charge in [-0.2, -0.15) is 18.3 Å². The highest BCUT2D eigenvalue weighted by molar-refractivity contribution is 14.1. The van der Waals surface area contributed by atoms with Gasteiger partial charge in [0, 0.05) is 9.26 Å². The molecular weight excluding hydrogens is 450 g/mol. The van der Waals surface area contributed by atoms with E-state index in [4.69, 9.17) is 0 Å². The molecule has 9 heteroatoms. The molecule has 130 valence electrons. The second-order valence-corrected chi connectivity index (χ2v) is 6.03. The summed E-state index contributed by atoms with van der Waals surface area (Å²) in [5.74, 6) is -2.22. The maximum Gasteiger partial charge on any atom is 0.416 e. The normalized spacial score (nSPS) is 11.4. The number of hydrazone groups is 1. The molecular formula is C16H11F3IN3O2. The van der Waals surface area contributed by atoms with Gasteiger partial charge in [-0.1, -0.05) is 18.2 Å². The number of carbonyl (C=O) groups is 2. The maximum atomic E-state index is 12.6. The van der Waals surface area contributed by atoms with Crippen LogP contribution in [0.3, 0.4) is 0 Å². The molecule has 0 heterocycles. The molecule has 25 heavy (non-hydrogen) atoms. The highest BCUT2D eigenvalue weighted by atomic mass is 127. The first-order chi connectivity index (χ1) is 11.8.